The van der Waals surface area contributed by atoms with Gasteiger partial charge >= 0.3 is 0 Å². The maximum atomic E-state index is 11.5. The zero-order valence-corrected chi connectivity index (χ0v) is 21.7. The molecule has 0 aliphatic rings. The summed E-state index contributed by atoms with van der Waals surface area (Å²) in [5.41, 5.74) is -1.25. The largest absolute Gasteiger partial charge is 0.281 e. The van der Waals surface area contributed by atoms with Crippen molar-refractivity contribution in [3.63, 3.8) is 0 Å². The van der Waals surface area contributed by atoms with E-state index in [1.54, 1.807) is 0 Å². The molecule has 16 heteroatoms. The number of benzene rings is 3. The zero-order valence-electron chi connectivity index (χ0n) is 18.6. The smallest absolute Gasteiger partial charge is 0.258 e. The summed E-state index contributed by atoms with van der Waals surface area (Å²) >= 11 is 25.8. The van der Waals surface area contributed by atoms with Gasteiger partial charge in [-0.1, -0.05) is 24.3 Å². The molecule has 38 heavy (non-hydrogen) atoms. The van der Waals surface area contributed by atoms with Gasteiger partial charge in [-0.2, -0.15) is 0 Å². The summed E-state index contributed by atoms with van der Waals surface area (Å²) in [6, 6.07) is 12.2. The first-order valence-corrected chi connectivity index (χ1v) is 12.1. The average molecular weight is 604 g/mol. The van der Waals surface area contributed by atoms with Crippen LogP contribution >= 0.6 is 46.4 Å². The lowest BCUT2D eigenvalue weighted by atomic mass is 9.97. The number of nitro groups is 4. The van der Waals surface area contributed by atoms with Gasteiger partial charge in [0.15, 0.2) is 0 Å². The van der Waals surface area contributed by atoms with Gasteiger partial charge in [0.05, 0.1) is 64.5 Å². The van der Waals surface area contributed by atoms with Crippen molar-refractivity contribution < 1.29 is 19.7 Å². The van der Waals surface area contributed by atoms with Crippen LogP contribution in [0.2, 0.25) is 0 Å². The second kappa shape index (κ2) is 11.9. The number of alkyl halides is 4. The van der Waals surface area contributed by atoms with Gasteiger partial charge in [-0.25, -0.2) is 0 Å². The minimum absolute atomic E-state index is 0.0205. The number of rotatable bonds is 10. The van der Waals surface area contributed by atoms with Gasteiger partial charge in [-0.15, -0.1) is 46.4 Å². The second-order valence-corrected chi connectivity index (χ2v) is 9.67. The van der Waals surface area contributed by atoms with Crippen LogP contribution in [-0.4, -0.2) is 19.7 Å². The molecule has 3 rings (SSSR count). The number of nitro benzene ring substituents is 4. The Hall–Kier alpha value is -3.58. The van der Waals surface area contributed by atoms with Gasteiger partial charge in [0.25, 0.3) is 22.7 Å². The minimum atomic E-state index is -1.14. The quantitative estimate of drug-likeness (QED) is 0.128. The molecular formula is C22H14Cl4N4O8. The van der Waals surface area contributed by atoms with E-state index in [0.29, 0.717) is 11.1 Å². The van der Waals surface area contributed by atoms with Crippen molar-refractivity contribution in [3.05, 3.63) is 123 Å². The molecule has 12 nitrogen and oxygen atoms in total. The Morgan fingerprint density at radius 1 is 0.474 bits per heavy atom. The van der Waals surface area contributed by atoms with Gasteiger partial charge in [0.2, 0.25) is 0 Å². The fourth-order valence-electron chi connectivity index (χ4n) is 3.59. The van der Waals surface area contributed by atoms with Gasteiger partial charge in [0.1, 0.15) is 0 Å². The Morgan fingerprint density at radius 3 is 1.05 bits per heavy atom. The highest BCUT2D eigenvalue weighted by atomic mass is 35.5. The molecule has 0 aliphatic heterocycles. The molecular weight excluding hydrogens is 590 g/mol. The topological polar surface area (TPSA) is 173 Å². The van der Waals surface area contributed by atoms with E-state index in [4.69, 9.17) is 46.4 Å². The molecule has 0 aliphatic carbocycles. The van der Waals surface area contributed by atoms with Crippen LogP contribution in [0.4, 0.5) is 22.7 Å². The third kappa shape index (κ3) is 6.10. The molecule has 0 fully saturated rings. The third-order valence-electron chi connectivity index (χ3n) is 5.52. The van der Waals surface area contributed by atoms with Crippen molar-refractivity contribution >= 4 is 69.2 Å². The summed E-state index contributed by atoms with van der Waals surface area (Å²) in [6.45, 7) is 0. The molecule has 198 valence electrons. The zero-order chi connectivity index (χ0) is 28.3. The van der Waals surface area contributed by atoms with Crippen LogP contribution in [0.25, 0.3) is 0 Å². The van der Waals surface area contributed by atoms with Gasteiger partial charge < -0.3 is 0 Å². The van der Waals surface area contributed by atoms with Crippen LogP contribution in [0.15, 0.2) is 60.7 Å². The van der Waals surface area contributed by atoms with Crippen molar-refractivity contribution in [2.75, 3.05) is 0 Å². The van der Waals surface area contributed by atoms with Crippen LogP contribution < -0.4 is 0 Å². The lowest BCUT2D eigenvalue weighted by Crippen LogP contribution is -2.06. The van der Waals surface area contributed by atoms with Gasteiger partial charge in [0, 0.05) is 12.1 Å². The van der Waals surface area contributed by atoms with Crippen LogP contribution in [-0.2, 0) is 0 Å². The number of hydrogen-bond acceptors (Lipinski definition) is 8. The molecule has 0 heterocycles. The van der Waals surface area contributed by atoms with Crippen LogP contribution in [0.5, 0.6) is 0 Å². The molecule has 4 atom stereocenters. The van der Waals surface area contributed by atoms with Gasteiger partial charge in [-0.05, 0) is 23.3 Å². The van der Waals surface area contributed by atoms with Crippen molar-refractivity contribution in [2.45, 2.75) is 21.5 Å². The first-order valence-electron chi connectivity index (χ1n) is 10.3. The fourth-order valence-corrected chi connectivity index (χ4v) is 4.81. The van der Waals surface area contributed by atoms with Crippen molar-refractivity contribution in [1.82, 2.24) is 0 Å². The highest BCUT2D eigenvalue weighted by molar-refractivity contribution is 6.31. The molecule has 3 aromatic carbocycles. The van der Waals surface area contributed by atoms with E-state index in [2.05, 4.69) is 0 Å². The predicted molar refractivity (Wildman–Crippen MR) is 140 cm³/mol. The molecule has 0 N–H and O–H groups in total. The standard InChI is InChI=1S/C22H14Cl4N4O8/c23-19(21(25)15-7-5-13(27(31)32)9-17(15)29(35)36)11-1-2-12(4-3-11)20(24)22(26)16-8-6-14(28(33)34)10-18(16)30(37)38/h1-10,19-22H/t19-,20-,21-,22+/m0/s1. The normalized spacial score (nSPS) is 14.2. The Labute approximate surface area is 233 Å². The van der Waals surface area contributed by atoms with E-state index in [1.165, 1.54) is 36.4 Å². The van der Waals surface area contributed by atoms with Crippen molar-refractivity contribution in [1.29, 1.82) is 0 Å². The molecule has 0 aromatic heterocycles. The van der Waals surface area contributed by atoms with E-state index in [0.717, 1.165) is 24.3 Å². The lowest BCUT2D eigenvalue weighted by Gasteiger charge is -2.20. The predicted octanol–water partition coefficient (Wildman–Crippen LogP) is 7.84. The maximum Gasteiger partial charge on any atom is 0.281 e. The Kier molecular flexibility index (Phi) is 9.05. The number of halogens is 4. The summed E-state index contributed by atoms with van der Waals surface area (Å²) in [4.78, 5) is 41.7. The summed E-state index contributed by atoms with van der Waals surface area (Å²) in [5.74, 6) is 0. The molecule has 3 aromatic rings. The van der Waals surface area contributed by atoms with Crippen molar-refractivity contribution in [3.8, 4) is 0 Å². The van der Waals surface area contributed by atoms with E-state index in [1.807, 2.05) is 0 Å². The van der Waals surface area contributed by atoms with E-state index in [9.17, 15) is 40.5 Å². The van der Waals surface area contributed by atoms with Crippen molar-refractivity contribution in [2.24, 2.45) is 0 Å². The summed E-state index contributed by atoms with van der Waals surface area (Å²) < 4.78 is 0. The fraction of sp³-hybridized carbons (Fsp3) is 0.182. The average Bonchev–Trinajstić information content (AvgIpc) is 2.90. The Balaban J connectivity index is 1.86. The first-order chi connectivity index (χ1) is 17.8. The summed E-state index contributed by atoms with van der Waals surface area (Å²) in [5, 5.41) is 40.6. The van der Waals surface area contributed by atoms with E-state index >= 15 is 0 Å². The molecule has 0 amide bonds. The summed E-state index contributed by atoms with van der Waals surface area (Å²) in [6.07, 6.45) is 0. The molecule has 0 saturated carbocycles. The van der Waals surface area contributed by atoms with Crippen LogP contribution in [0.3, 0.4) is 0 Å². The molecule has 0 unspecified atom stereocenters. The second-order valence-electron chi connectivity index (χ2n) is 7.79. The highest BCUT2D eigenvalue weighted by Crippen LogP contribution is 2.46. The third-order valence-corrected chi connectivity index (χ3v) is 7.76. The lowest BCUT2D eigenvalue weighted by molar-refractivity contribution is -0.394. The van der Waals surface area contributed by atoms with Crippen LogP contribution in [0.1, 0.15) is 43.8 Å². The number of hydrogen-bond donors (Lipinski definition) is 0. The van der Waals surface area contributed by atoms with Crippen LogP contribution in [0, 0.1) is 40.5 Å². The van der Waals surface area contributed by atoms with E-state index < -0.39 is 64.0 Å². The maximum absolute atomic E-state index is 11.5. The monoisotopic (exact) mass is 602 g/mol. The first kappa shape index (κ1) is 29.0. The Bertz CT molecular complexity index is 1320. The highest BCUT2D eigenvalue weighted by Gasteiger charge is 2.32. The minimum Gasteiger partial charge on any atom is -0.258 e. The molecule has 0 bridgehead atoms. The number of non-ortho nitro benzene ring substituents is 2. The molecule has 0 radical (unpaired) electrons. The van der Waals surface area contributed by atoms with Gasteiger partial charge in [-0.3, -0.25) is 40.5 Å². The Morgan fingerprint density at radius 2 is 0.789 bits per heavy atom. The molecule has 0 saturated heterocycles. The summed E-state index contributed by atoms with van der Waals surface area (Å²) in [7, 11) is 0. The molecule has 0 spiro atoms. The number of nitrogens with zero attached hydrogens (tertiary/aromatic N) is 4. The SMILES string of the molecule is O=[N+]([O-])c1ccc([C@@H](Cl)[C@@H](Cl)c2ccc([C@H](Cl)[C@@H](Cl)c3ccc([N+](=O)[O-])cc3[N+](=O)[O-])cc2)c([N+](=O)[O-])c1. The van der Waals surface area contributed by atoms with E-state index in [-0.39, 0.29) is 11.1 Å².